The van der Waals surface area contributed by atoms with Crippen molar-refractivity contribution in [2.24, 2.45) is 17.8 Å². The van der Waals surface area contributed by atoms with E-state index >= 15 is 0 Å². The molecule has 0 heterocycles. The van der Waals surface area contributed by atoms with Crippen LogP contribution in [0.2, 0.25) is 0 Å². The zero-order valence-electron chi connectivity index (χ0n) is 8.25. The van der Waals surface area contributed by atoms with Gasteiger partial charge < -0.3 is 4.79 Å². The van der Waals surface area contributed by atoms with E-state index < -0.39 is 0 Å². The van der Waals surface area contributed by atoms with Crippen LogP contribution in [-0.4, -0.2) is 6.29 Å². The first-order valence-corrected chi connectivity index (χ1v) is 5.23. The Morgan fingerprint density at radius 3 is 2.75 bits per heavy atom. The molecule has 1 heteroatoms. The third kappa shape index (κ3) is 2.33. The van der Waals surface area contributed by atoms with Crippen molar-refractivity contribution in [2.75, 3.05) is 0 Å². The molecule has 0 radical (unpaired) electrons. The van der Waals surface area contributed by atoms with Crippen LogP contribution in [-0.2, 0) is 4.79 Å². The van der Waals surface area contributed by atoms with Crippen molar-refractivity contribution >= 4 is 6.29 Å². The van der Waals surface area contributed by atoms with Gasteiger partial charge in [-0.25, -0.2) is 0 Å². The molecule has 70 valence electrons. The molecule has 0 bridgehead atoms. The largest absolute Gasteiger partial charge is 0.303 e. The molecule has 0 aliphatic heterocycles. The molecule has 0 N–H and O–H groups in total. The lowest BCUT2D eigenvalue weighted by atomic mass is 9.75. The standard InChI is InChI=1S/C11H20O/c1-3-10(8-12)11-6-4-5-9(2)7-11/h8-11H,3-7H2,1-2H3. The molecule has 0 aromatic carbocycles. The highest BCUT2D eigenvalue weighted by molar-refractivity contribution is 5.53. The van der Waals surface area contributed by atoms with E-state index in [-0.39, 0.29) is 0 Å². The monoisotopic (exact) mass is 168 g/mol. The van der Waals surface area contributed by atoms with Gasteiger partial charge >= 0.3 is 0 Å². The minimum absolute atomic E-state index is 0.341. The quantitative estimate of drug-likeness (QED) is 0.592. The molecule has 12 heavy (non-hydrogen) atoms. The number of aldehydes is 1. The van der Waals surface area contributed by atoms with E-state index in [9.17, 15) is 4.79 Å². The Labute approximate surface area is 75.5 Å². The number of rotatable bonds is 3. The molecule has 1 aliphatic rings. The molecule has 0 amide bonds. The predicted octanol–water partition coefficient (Wildman–Crippen LogP) is 3.04. The Balaban J connectivity index is 2.43. The molecule has 1 nitrogen and oxygen atoms in total. The van der Waals surface area contributed by atoms with E-state index in [1.165, 1.54) is 32.0 Å². The second kappa shape index (κ2) is 4.64. The predicted molar refractivity (Wildman–Crippen MR) is 51.0 cm³/mol. The first kappa shape index (κ1) is 9.76. The molecule has 3 atom stereocenters. The Kier molecular flexibility index (Phi) is 3.77. The van der Waals surface area contributed by atoms with E-state index in [2.05, 4.69) is 13.8 Å². The second-order valence-electron chi connectivity index (χ2n) is 4.24. The third-order valence-electron chi connectivity index (χ3n) is 3.23. The Morgan fingerprint density at radius 2 is 2.25 bits per heavy atom. The molecule has 3 unspecified atom stereocenters. The van der Waals surface area contributed by atoms with E-state index in [1.807, 2.05) is 0 Å². The summed E-state index contributed by atoms with van der Waals surface area (Å²) in [5, 5.41) is 0. The second-order valence-corrected chi connectivity index (χ2v) is 4.24. The first-order valence-electron chi connectivity index (χ1n) is 5.23. The molecule has 0 aromatic heterocycles. The average Bonchev–Trinajstić information content (AvgIpc) is 2.07. The zero-order valence-corrected chi connectivity index (χ0v) is 8.25. The van der Waals surface area contributed by atoms with E-state index in [0.29, 0.717) is 11.8 Å². The molecule has 1 saturated carbocycles. The fourth-order valence-electron chi connectivity index (χ4n) is 2.41. The van der Waals surface area contributed by atoms with Gasteiger partial charge in [-0.05, 0) is 31.1 Å². The lowest BCUT2D eigenvalue weighted by Gasteiger charge is -2.29. The van der Waals surface area contributed by atoms with Crippen LogP contribution >= 0.6 is 0 Å². The van der Waals surface area contributed by atoms with E-state index in [0.717, 1.165) is 12.3 Å². The maximum atomic E-state index is 10.7. The summed E-state index contributed by atoms with van der Waals surface area (Å²) >= 11 is 0. The summed E-state index contributed by atoms with van der Waals surface area (Å²) in [5.74, 6) is 1.88. The lowest BCUT2D eigenvalue weighted by Crippen LogP contribution is -2.22. The van der Waals surface area contributed by atoms with E-state index in [1.54, 1.807) is 0 Å². The molecular weight excluding hydrogens is 148 g/mol. The van der Waals surface area contributed by atoms with Gasteiger partial charge in [0.2, 0.25) is 0 Å². The number of hydrogen-bond donors (Lipinski definition) is 0. The van der Waals surface area contributed by atoms with Crippen LogP contribution in [0.1, 0.15) is 46.0 Å². The van der Waals surface area contributed by atoms with Crippen LogP contribution in [0, 0.1) is 17.8 Å². The maximum Gasteiger partial charge on any atom is 0.123 e. The van der Waals surface area contributed by atoms with Crippen molar-refractivity contribution < 1.29 is 4.79 Å². The van der Waals surface area contributed by atoms with Crippen molar-refractivity contribution in [3.05, 3.63) is 0 Å². The Bertz CT molecular complexity index is 142. The Hall–Kier alpha value is -0.330. The van der Waals surface area contributed by atoms with Crippen LogP contribution in [0.15, 0.2) is 0 Å². The highest BCUT2D eigenvalue weighted by Crippen LogP contribution is 2.33. The van der Waals surface area contributed by atoms with Crippen molar-refractivity contribution in [3.8, 4) is 0 Å². The van der Waals surface area contributed by atoms with Gasteiger partial charge in [0.15, 0.2) is 0 Å². The smallest absolute Gasteiger partial charge is 0.123 e. The summed E-state index contributed by atoms with van der Waals surface area (Å²) in [6.45, 7) is 4.43. The van der Waals surface area contributed by atoms with E-state index in [4.69, 9.17) is 0 Å². The van der Waals surface area contributed by atoms with Gasteiger partial charge in [-0.1, -0.05) is 26.7 Å². The summed E-state index contributed by atoms with van der Waals surface area (Å²) < 4.78 is 0. The van der Waals surface area contributed by atoms with Crippen LogP contribution in [0.4, 0.5) is 0 Å². The highest BCUT2D eigenvalue weighted by Gasteiger charge is 2.24. The van der Waals surface area contributed by atoms with Crippen LogP contribution in [0.25, 0.3) is 0 Å². The highest BCUT2D eigenvalue weighted by atomic mass is 16.1. The number of carbonyl (C=O) groups is 1. The molecule has 1 fully saturated rings. The third-order valence-corrected chi connectivity index (χ3v) is 3.23. The molecule has 0 aromatic rings. The minimum atomic E-state index is 0.341. The normalized spacial score (nSPS) is 32.8. The summed E-state index contributed by atoms with van der Waals surface area (Å²) in [5.41, 5.74) is 0. The summed E-state index contributed by atoms with van der Waals surface area (Å²) in [7, 11) is 0. The first-order chi connectivity index (χ1) is 5.77. The van der Waals surface area contributed by atoms with Crippen molar-refractivity contribution in [2.45, 2.75) is 46.0 Å². The molecule has 1 rings (SSSR count). The van der Waals surface area contributed by atoms with Crippen LogP contribution in [0.5, 0.6) is 0 Å². The van der Waals surface area contributed by atoms with Gasteiger partial charge in [0.25, 0.3) is 0 Å². The average molecular weight is 168 g/mol. The summed E-state index contributed by atoms with van der Waals surface area (Å²) in [6, 6.07) is 0. The molecule has 0 spiro atoms. The van der Waals surface area contributed by atoms with Crippen molar-refractivity contribution in [1.82, 2.24) is 0 Å². The number of carbonyl (C=O) groups excluding carboxylic acids is 1. The molecule has 0 saturated heterocycles. The van der Waals surface area contributed by atoms with Gasteiger partial charge in [-0.15, -0.1) is 0 Å². The number of hydrogen-bond acceptors (Lipinski definition) is 1. The zero-order chi connectivity index (χ0) is 8.97. The van der Waals surface area contributed by atoms with Gasteiger partial charge in [-0.3, -0.25) is 0 Å². The fraction of sp³-hybridized carbons (Fsp3) is 0.909. The van der Waals surface area contributed by atoms with Gasteiger partial charge in [-0.2, -0.15) is 0 Å². The minimum Gasteiger partial charge on any atom is -0.303 e. The molecule has 1 aliphatic carbocycles. The lowest BCUT2D eigenvalue weighted by molar-refractivity contribution is -0.113. The fourth-order valence-corrected chi connectivity index (χ4v) is 2.41. The summed E-state index contributed by atoms with van der Waals surface area (Å²) in [6.07, 6.45) is 7.45. The van der Waals surface area contributed by atoms with Gasteiger partial charge in [0.05, 0.1) is 0 Å². The van der Waals surface area contributed by atoms with Crippen molar-refractivity contribution in [3.63, 3.8) is 0 Å². The SMILES string of the molecule is CCC(C=O)C1CCCC(C)C1. The van der Waals surface area contributed by atoms with Crippen LogP contribution in [0.3, 0.4) is 0 Å². The van der Waals surface area contributed by atoms with Crippen LogP contribution < -0.4 is 0 Å². The van der Waals surface area contributed by atoms with Crippen molar-refractivity contribution in [1.29, 1.82) is 0 Å². The van der Waals surface area contributed by atoms with Gasteiger partial charge in [0.1, 0.15) is 6.29 Å². The summed E-state index contributed by atoms with van der Waals surface area (Å²) in [4.78, 5) is 10.7. The topological polar surface area (TPSA) is 17.1 Å². The maximum absolute atomic E-state index is 10.7. The van der Waals surface area contributed by atoms with Gasteiger partial charge in [0, 0.05) is 5.92 Å². The Morgan fingerprint density at radius 1 is 1.50 bits per heavy atom. The molecular formula is C11H20O.